The second kappa shape index (κ2) is 5.83. The molecule has 0 aliphatic rings. The van der Waals surface area contributed by atoms with Crippen molar-refractivity contribution < 1.29 is 17.9 Å². The summed E-state index contributed by atoms with van der Waals surface area (Å²) in [6.07, 6.45) is 1.09. The molecular weight excluding hydrogens is 278 g/mol. The number of nitrogens with one attached hydrogen (secondary N) is 1. The number of sulfonamides is 1. The highest BCUT2D eigenvalue weighted by molar-refractivity contribution is 7.92. The fourth-order valence-corrected chi connectivity index (χ4v) is 2.18. The van der Waals surface area contributed by atoms with E-state index in [1.165, 1.54) is 0 Å². The maximum Gasteiger partial charge on any atom is 0.229 e. The van der Waals surface area contributed by atoms with Gasteiger partial charge in [-0.25, -0.2) is 8.42 Å². The molecular formula is C14H15NO4S. The Labute approximate surface area is 118 Å². The van der Waals surface area contributed by atoms with E-state index in [-0.39, 0.29) is 0 Å². The van der Waals surface area contributed by atoms with Gasteiger partial charge in [-0.05, 0) is 36.4 Å². The Kier molecular flexibility index (Phi) is 4.14. The highest BCUT2D eigenvalue weighted by Gasteiger charge is 2.08. The summed E-state index contributed by atoms with van der Waals surface area (Å²) in [5, 5.41) is 0. The molecule has 2 rings (SSSR count). The van der Waals surface area contributed by atoms with Crippen LogP contribution in [-0.2, 0) is 10.0 Å². The van der Waals surface area contributed by atoms with Crippen LogP contribution >= 0.6 is 0 Å². The average Bonchev–Trinajstić information content (AvgIpc) is 2.40. The number of anilines is 1. The van der Waals surface area contributed by atoms with Crippen LogP contribution in [0.4, 0.5) is 5.69 Å². The summed E-state index contributed by atoms with van der Waals surface area (Å²) in [5.74, 6) is 1.75. The van der Waals surface area contributed by atoms with Crippen LogP contribution < -0.4 is 14.2 Å². The largest absolute Gasteiger partial charge is 0.497 e. The van der Waals surface area contributed by atoms with Crippen LogP contribution in [0.5, 0.6) is 17.2 Å². The Morgan fingerprint density at radius 2 is 1.55 bits per heavy atom. The fraction of sp³-hybridized carbons (Fsp3) is 0.143. The maximum absolute atomic E-state index is 11.3. The molecule has 0 aliphatic carbocycles. The predicted molar refractivity (Wildman–Crippen MR) is 78.0 cm³/mol. The van der Waals surface area contributed by atoms with Crippen molar-refractivity contribution in [2.24, 2.45) is 0 Å². The summed E-state index contributed by atoms with van der Waals surface area (Å²) in [7, 11) is -1.77. The van der Waals surface area contributed by atoms with Gasteiger partial charge in [0.25, 0.3) is 0 Å². The molecule has 2 aromatic carbocycles. The minimum Gasteiger partial charge on any atom is -0.497 e. The van der Waals surface area contributed by atoms with E-state index in [2.05, 4.69) is 4.72 Å². The van der Waals surface area contributed by atoms with Crippen LogP contribution in [0.3, 0.4) is 0 Å². The van der Waals surface area contributed by atoms with E-state index in [0.29, 0.717) is 17.2 Å². The molecule has 0 aromatic heterocycles. The van der Waals surface area contributed by atoms with Gasteiger partial charge in [-0.2, -0.15) is 0 Å². The molecule has 0 heterocycles. The molecule has 0 bridgehead atoms. The molecule has 0 saturated carbocycles. The lowest BCUT2D eigenvalue weighted by Gasteiger charge is -2.12. The van der Waals surface area contributed by atoms with Crippen LogP contribution in [0, 0.1) is 0 Å². The number of benzene rings is 2. The Morgan fingerprint density at radius 3 is 2.15 bits per heavy atom. The van der Waals surface area contributed by atoms with Gasteiger partial charge in [-0.1, -0.05) is 12.1 Å². The molecule has 106 valence electrons. The second-order valence-electron chi connectivity index (χ2n) is 4.15. The number of ether oxygens (including phenoxy) is 2. The lowest BCUT2D eigenvalue weighted by molar-refractivity contribution is 0.413. The molecule has 0 atom stereocenters. The van der Waals surface area contributed by atoms with Crippen LogP contribution in [0.1, 0.15) is 0 Å². The van der Waals surface area contributed by atoms with Crippen molar-refractivity contribution in [3.8, 4) is 17.2 Å². The van der Waals surface area contributed by atoms with Crippen LogP contribution in [0.15, 0.2) is 48.5 Å². The van der Waals surface area contributed by atoms with Gasteiger partial charge in [0.1, 0.15) is 11.5 Å². The summed E-state index contributed by atoms with van der Waals surface area (Å²) in [4.78, 5) is 0. The van der Waals surface area contributed by atoms with E-state index in [1.54, 1.807) is 55.6 Å². The van der Waals surface area contributed by atoms with Crippen molar-refractivity contribution in [3.63, 3.8) is 0 Å². The minimum absolute atomic E-state index is 0.394. The smallest absolute Gasteiger partial charge is 0.229 e. The Balaban J connectivity index is 2.24. The third-order valence-corrected chi connectivity index (χ3v) is 3.06. The normalized spacial score (nSPS) is 10.9. The van der Waals surface area contributed by atoms with Gasteiger partial charge in [0.15, 0.2) is 5.75 Å². The average molecular weight is 293 g/mol. The Bertz CT molecular complexity index is 681. The number of para-hydroxylation sites is 2. The second-order valence-corrected chi connectivity index (χ2v) is 5.90. The fourth-order valence-electron chi connectivity index (χ4n) is 1.61. The maximum atomic E-state index is 11.3. The molecule has 0 spiro atoms. The summed E-state index contributed by atoms with van der Waals surface area (Å²) >= 11 is 0. The van der Waals surface area contributed by atoms with Crippen LogP contribution in [-0.4, -0.2) is 21.8 Å². The SMILES string of the molecule is COc1ccc(Oc2ccccc2NS(C)(=O)=O)cc1. The Morgan fingerprint density at radius 1 is 0.950 bits per heavy atom. The molecule has 0 fully saturated rings. The third kappa shape index (κ3) is 3.89. The molecule has 20 heavy (non-hydrogen) atoms. The van der Waals surface area contributed by atoms with Crippen molar-refractivity contribution in [3.05, 3.63) is 48.5 Å². The summed E-state index contributed by atoms with van der Waals surface area (Å²) in [5.41, 5.74) is 0.394. The number of hydrogen-bond acceptors (Lipinski definition) is 4. The quantitative estimate of drug-likeness (QED) is 0.920. The van der Waals surface area contributed by atoms with E-state index in [0.717, 1.165) is 12.0 Å². The third-order valence-electron chi connectivity index (χ3n) is 2.47. The first-order chi connectivity index (χ1) is 9.48. The lowest BCUT2D eigenvalue weighted by atomic mass is 10.3. The molecule has 2 aromatic rings. The molecule has 1 N–H and O–H groups in total. The summed E-state index contributed by atoms with van der Waals surface area (Å²) in [6.45, 7) is 0. The van der Waals surface area contributed by atoms with Crippen molar-refractivity contribution >= 4 is 15.7 Å². The zero-order valence-electron chi connectivity index (χ0n) is 11.2. The van der Waals surface area contributed by atoms with Crippen molar-refractivity contribution in [2.75, 3.05) is 18.1 Å². The van der Waals surface area contributed by atoms with Crippen LogP contribution in [0.25, 0.3) is 0 Å². The van der Waals surface area contributed by atoms with Crippen molar-refractivity contribution in [1.82, 2.24) is 0 Å². The van der Waals surface area contributed by atoms with Crippen molar-refractivity contribution in [1.29, 1.82) is 0 Å². The topological polar surface area (TPSA) is 64.6 Å². The van der Waals surface area contributed by atoms with E-state index in [4.69, 9.17) is 9.47 Å². The zero-order chi connectivity index (χ0) is 14.6. The standard InChI is InChI=1S/C14H15NO4S/c1-18-11-7-9-12(10-8-11)19-14-6-4-3-5-13(14)15-20(2,16)17/h3-10,15H,1-2H3. The van der Waals surface area contributed by atoms with Gasteiger partial charge < -0.3 is 9.47 Å². The molecule has 5 nitrogen and oxygen atoms in total. The first-order valence-electron chi connectivity index (χ1n) is 5.87. The summed E-state index contributed by atoms with van der Waals surface area (Å²) in [6, 6.07) is 13.9. The molecule has 0 aliphatic heterocycles. The van der Waals surface area contributed by atoms with Gasteiger partial charge in [0, 0.05) is 0 Å². The van der Waals surface area contributed by atoms with Gasteiger partial charge in [-0.3, -0.25) is 4.72 Å². The molecule has 0 saturated heterocycles. The molecule has 0 unspecified atom stereocenters. The van der Waals surface area contributed by atoms with E-state index in [1.807, 2.05) is 0 Å². The van der Waals surface area contributed by atoms with Gasteiger partial charge in [-0.15, -0.1) is 0 Å². The monoisotopic (exact) mass is 293 g/mol. The first kappa shape index (κ1) is 14.2. The van der Waals surface area contributed by atoms with Gasteiger partial charge in [0.05, 0.1) is 19.1 Å². The van der Waals surface area contributed by atoms with Gasteiger partial charge in [0.2, 0.25) is 10.0 Å². The lowest BCUT2D eigenvalue weighted by Crippen LogP contribution is -2.10. The van der Waals surface area contributed by atoms with E-state index < -0.39 is 10.0 Å². The van der Waals surface area contributed by atoms with Crippen LogP contribution in [0.2, 0.25) is 0 Å². The number of hydrogen-bond donors (Lipinski definition) is 1. The highest BCUT2D eigenvalue weighted by atomic mass is 32.2. The molecule has 6 heteroatoms. The predicted octanol–water partition coefficient (Wildman–Crippen LogP) is 2.86. The zero-order valence-corrected chi connectivity index (χ0v) is 12.0. The Hall–Kier alpha value is -2.21. The minimum atomic E-state index is -3.35. The van der Waals surface area contributed by atoms with Crippen molar-refractivity contribution in [2.45, 2.75) is 0 Å². The summed E-state index contributed by atoms with van der Waals surface area (Å²) < 4.78 is 35.8. The highest BCUT2D eigenvalue weighted by Crippen LogP contribution is 2.30. The number of methoxy groups -OCH3 is 1. The van der Waals surface area contributed by atoms with E-state index in [9.17, 15) is 8.42 Å². The van der Waals surface area contributed by atoms with E-state index >= 15 is 0 Å². The van der Waals surface area contributed by atoms with Gasteiger partial charge >= 0.3 is 0 Å². The molecule has 0 radical (unpaired) electrons. The first-order valence-corrected chi connectivity index (χ1v) is 7.76. The number of rotatable bonds is 5. The molecule has 0 amide bonds.